The zero-order chi connectivity index (χ0) is 29.3. The van der Waals surface area contributed by atoms with Crippen molar-refractivity contribution < 1.29 is 28.2 Å². The van der Waals surface area contributed by atoms with Crippen molar-refractivity contribution in [1.29, 1.82) is 0 Å². The number of thiazole rings is 1. The lowest BCUT2D eigenvalue weighted by atomic mass is 9.95. The van der Waals surface area contributed by atoms with Crippen LogP contribution < -0.4 is 34.0 Å². The minimum Gasteiger partial charge on any atom is -0.493 e. The second kappa shape index (κ2) is 11.8. The molecule has 41 heavy (non-hydrogen) atoms. The SMILES string of the molecule is CCOC(=O)C1=C(C)N=c2s/c(=C\c3ccc(N4CCN(C)CC4)o3)c(=O)n2[C@@H]1c1cc(OC)c(OC)c(OC)c1. The number of aromatic nitrogens is 1. The number of carbonyl (C=O) groups excluding carboxylic acids is 1. The molecule has 0 spiro atoms. The maximum absolute atomic E-state index is 14.0. The van der Waals surface area contributed by atoms with Crippen molar-refractivity contribution in [1.82, 2.24) is 9.47 Å². The van der Waals surface area contributed by atoms with Crippen LogP contribution in [0.5, 0.6) is 17.2 Å². The number of piperazine rings is 1. The molecule has 1 aromatic carbocycles. The number of esters is 1. The van der Waals surface area contributed by atoms with Crippen molar-refractivity contribution in [2.45, 2.75) is 19.9 Å². The smallest absolute Gasteiger partial charge is 0.338 e. The van der Waals surface area contributed by atoms with E-state index < -0.39 is 12.0 Å². The molecule has 5 rings (SSSR count). The third-order valence-corrected chi connectivity index (χ3v) is 8.20. The maximum Gasteiger partial charge on any atom is 0.338 e. The van der Waals surface area contributed by atoms with Crippen LogP contribution in [0.4, 0.5) is 5.88 Å². The van der Waals surface area contributed by atoms with Gasteiger partial charge in [-0.25, -0.2) is 9.79 Å². The first-order valence-corrected chi connectivity index (χ1v) is 14.1. The Bertz CT molecular complexity index is 1640. The fourth-order valence-electron chi connectivity index (χ4n) is 5.11. The Kier molecular flexibility index (Phi) is 8.22. The Morgan fingerprint density at radius 1 is 1.10 bits per heavy atom. The second-order valence-electron chi connectivity index (χ2n) is 9.73. The van der Waals surface area contributed by atoms with Crippen LogP contribution in [0.25, 0.3) is 6.08 Å². The van der Waals surface area contributed by atoms with E-state index in [0.29, 0.717) is 43.6 Å². The highest BCUT2D eigenvalue weighted by Crippen LogP contribution is 2.42. The summed E-state index contributed by atoms with van der Waals surface area (Å²) < 4.78 is 30.1. The number of allylic oxidation sites excluding steroid dienone is 1. The molecule has 1 atom stereocenters. The molecule has 11 nitrogen and oxygen atoms in total. The van der Waals surface area contributed by atoms with Gasteiger partial charge in [-0.15, -0.1) is 0 Å². The average Bonchev–Trinajstić information content (AvgIpc) is 3.56. The van der Waals surface area contributed by atoms with Crippen molar-refractivity contribution in [2.75, 3.05) is 66.1 Å². The van der Waals surface area contributed by atoms with Crippen LogP contribution in [0.1, 0.15) is 31.2 Å². The number of likely N-dealkylation sites (N-methyl/N-ethyl adjacent to an activating group) is 1. The minimum atomic E-state index is -0.835. The van der Waals surface area contributed by atoms with E-state index in [-0.39, 0.29) is 17.7 Å². The van der Waals surface area contributed by atoms with Crippen molar-refractivity contribution >= 4 is 29.3 Å². The number of ether oxygens (including phenoxy) is 4. The molecule has 4 heterocycles. The van der Waals surface area contributed by atoms with E-state index in [4.69, 9.17) is 23.4 Å². The van der Waals surface area contributed by atoms with Gasteiger partial charge in [-0.05, 0) is 44.7 Å². The van der Waals surface area contributed by atoms with Gasteiger partial charge in [0.05, 0.1) is 49.8 Å². The normalized spacial score (nSPS) is 17.8. The van der Waals surface area contributed by atoms with E-state index in [0.717, 1.165) is 32.1 Å². The zero-order valence-corrected chi connectivity index (χ0v) is 24.9. The summed E-state index contributed by atoms with van der Waals surface area (Å²) in [6.07, 6.45) is 1.72. The summed E-state index contributed by atoms with van der Waals surface area (Å²) in [6.45, 7) is 7.30. The second-order valence-corrected chi connectivity index (χ2v) is 10.7. The highest BCUT2D eigenvalue weighted by Gasteiger charge is 2.34. The third-order valence-electron chi connectivity index (χ3n) is 7.22. The van der Waals surface area contributed by atoms with E-state index in [9.17, 15) is 9.59 Å². The van der Waals surface area contributed by atoms with Gasteiger partial charge < -0.3 is 33.2 Å². The molecular weight excluding hydrogens is 548 g/mol. The predicted octanol–water partition coefficient (Wildman–Crippen LogP) is 2.17. The van der Waals surface area contributed by atoms with Crippen LogP contribution in [0.2, 0.25) is 0 Å². The van der Waals surface area contributed by atoms with E-state index in [1.807, 2.05) is 12.1 Å². The number of fused-ring (bicyclic) bond motifs is 1. The van der Waals surface area contributed by atoms with Crippen LogP contribution in [0.3, 0.4) is 0 Å². The van der Waals surface area contributed by atoms with Gasteiger partial charge in [0.15, 0.2) is 22.2 Å². The number of anilines is 1. The Balaban J connectivity index is 1.64. The molecule has 2 aliphatic heterocycles. The van der Waals surface area contributed by atoms with Gasteiger partial charge >= 0.3 is 5.97 Å². The Labute approximate surface area is 241 Å². The fourth-order valence-corrected chi connectivity index (χ4v) is 6.14. The molecule has 2 aliphatic rings. The van der Waals surface area contributed by atoms with Crippen LogP contribution in [-0.2, 0) is 9.53 Å². The predicted molar refractivity (Wildman–Crippen MR) is 155 cm³/mol. The van der Waals surface area contributed by atoms with Crippen LogP contribution in [0.15, 0.2) is 49.7 Å². The number of benzene rings is 1. The van der Waals surface area contributed by atoms with E-state index in [1.54, 1.807) is 32.1 Å². The molecule has 2 aromatic heterocycles. The van der Waals surface area contributed by atoms with Crippen molar-refractivity contribution in [2.24, 2.45) is 4.99 Å². The number of hydrogen-bond acceptors (Lipinski definition) is 11. The number of hydrogen-bond donors (Lipinski definition) is 0. The molecule has 0 radical (unpaired) electrons. The minimum absolute atomic E-state index is 0.177. The first-order chi connectivity index (χ1) is 19.8. The number of carbonyl (C=O) groups is 1. The summed E-state index contributed by atoms with van der Waals surface area (Å²) in [7, 11) is 6.64. The largest absolute Gasteiger partial charge is 0.493 e. The van der Waals surface area contributed by atoms with Gasteiger partial charge in [-0.1, -0.05) is 11.3 Å². The number of rotatable bonds is 8. The number of methoxy groups -OCH3 is 3. The summed E-state index contributed by atoms with van der Waals surface area (Å²) in [4.78, 5) is 36.8. The van der Waals surface area contributed by atoms with Crippen molar-refractivity contribution in [3.05, 3.63) is 66.5 Å². The highest BCUT2D eigenvalue weighted by atomic mass is 32.1. The van der Waals surface area contributed by atoms with Gasteiger partial charge in [-0.2, -0.15) is 0 Å². The van der Waals surface area contributed by atoms with E-state index in [2.05, 4.69) is 21.8 Å². The van der Waals surface area contributed by atoms with Gasteiger partial charge in [0, 0.05) is 38.3 Å². The van der Waals surface area contributed by atoms with Crippen molar-refractivity contribution in [3.63, 3.8) is 0 Å². The Morgan fingerprint density at radius 2 is 1.78 bits per heavy atom. The standard InChI is InChI=1S/C29H34N4O7S/c1-7-39-28(35)24-17(2)30-29-33(25(24)18-14-20(36-4)26(38-6)21(15-18)37-5)27(34)22(41-29)16-19-8-9-23(40-19)32-12-10-31(3)11-13-32/h8-9,14-16,25H,7,10-13H2,1-6H3/b22-16-/t25-/m1/s1. The lowest BCUT2D eigenvalue weighted by Gasteiger charge is -2.32. The average molecular weight is 583 g/mol. The summed E-state index contributed by atoms with van der Waals surface area (Å²) in [6, 6.07) is 6.42. The van der Waals surface area contributed by atoms with E-state index >= 15 is 0 Å². The number of nitrogens with zero attached hydrogens (tertiary/aromatic N) is 4. The Hall–Kier alpha value is -4.03. The quantitative estimate of drug-likeness (QED) is 0.369. The molecule has 0 amide bonds. The lowest BCUT2D eigenvalue weighted by molar-refractivity contribution is -0.139. The molecular formula is C29H34N4O7S. The molecule has 0 N–H and O–H groups in total. The van der Waals surface area contributed by atoms with Gasteiger partial charge in [0.2, 0.25) is 5.75 Å². The molecule has 12 heteroatoms. The third kappa shape index (κ3) is 5.36. The molecule has 0 unspecified atom stereocenters. The molecule has 0 aliphatic carbocycles. The molecule has 1 fully saturated rings. The van der Waals surface area contributed by atoms with Gasteiger partial charge in [-0.3, -0.25) is 9.36 Å². The molecule has 0 bridgehead atoms. The highest BCUT2D eigenvalue weighted by molar-refractivity contribution is 7.07. The summed E-state index contributed by atoms with van der Waals surface area (Å²) in [5.74, 6) is 1.98. The monoisotopic (exact) mass is 582 g/mol. The van der Waals surface area contributed by atoms with Crippen LogP contribution in [-0.4, -0.2) is 76.6 Å². The molecule has 3 aromatic rings. The van der Waals surface area contributed by atoms with E-state index in [1.165, 1.54) is 37.2 Å². The van der Waals surface area contributed by atoms with Crippen LogP contribution in [0, 0.1) is 0 Å². The Morgan fingerprint density at radius 3 is 2.39 bits per heavy atom. The first-order valence-electron chi connectivity index (χ1n) is 13.3. The van der Waals surface area contributed by atoms with Gasteiger partial charge in [0.25, 0.3) is 5.56 Å². The van der Waals surface area contributed by atoms with Gasteiger partial charge in [0.1, 0.15) is 5.76 Å². The van der Waals surface area contributed by atoms with Crippen LogP contribution >= 0.6 is 11.3 Å². The van der Waals surface area contributed by atoms with Crippen molar-refractivity contribution in [3.8, 4) is 17.2 Å². The topological polar surface area (TPSA) is 108 Å². The lowest BCUT2D eigenvalue weighted by Crippen LogP contribution is -2.44. The summed E-state index contributed by atoms with van der Waals surface area (Å²) >= 11 is 1.23. The molecule has 218 valence electrons. The number of furan rings is 1. The molecule has 0 saturated carbocycles. The fraction of sp³-hybridized carbons (Fsp3) is 0.414. The molecule has 1 saturated heterocycles. The summed E-state index contributed by atoms with van der Waals surface area (Å²) in [5, 5.41) is 0. The first kappa shape index (κ1) is 28.5. The maximum atomic E-state index is 14.0. The summed E-state index contributed by atoms with van der Waals surface area (Å²) in [5.41, 5.74) is 1.000. The zero-order valence-electron chi connectivity index (χ0n) is 24.1.